The summed E-state index contributed by atoms with van der Waals surface area (Å²) in [5.41, 5.74) is 3.68. The second-order valence-electron chi connectivity index (χ2n) is 5.71. The molecule has 0 bridgehead atoms. The molecule has 0 aliphatic heterocycles. The highest BCUT2D eigenvalue weighted by molar-refractivity contribution is 9.10. The molecule has 5 heteroatoms. The number of carbonyl (C=O) groups is 2. The van der Waals surface area contributed by atoms with Gasteiger partial charge in [-0.3, -0.25) is 9.59 Å². The average molecular weight is 389 g/mol. The van der Waals surface area contributed by atoms with Crippen LogP contribution in [0, 0.1) is 13.8 Å². The molecule has 0 atom stereocenters. The summed E-state index contributed by atoms with van der Waals surface area (Å²) in [4.78, 5) is 25.8. The number of aryl methyl sites for hydroxylation is 2. The molecule has 0 aliphatic rings. The van der Waals surface area contributed by atoms with E-state index in [0.717, 1.165) is 21.3 Å². The van der Waals surface area contributed by atoms with Gasteiger partial charge >= 0.3 is 0 Å². The van der Waals surface area contributed by atoms with Crippen molar-refractivity contribution >= 4 is 33.4 Å². The molecule has 2 rings (SSSR count). The normalized spacial score (nSPS) is 10.3. The van der Waals surface area contributed by atoms with Crippen molar-refractivity contribution in [2.75, 3.05) is 18.0 Å². The summed E-state index contributed by atoms with van der Waals surface area (Å²) < 4.78 is 0.908. The van der Waals surface area contributed by atoms with Gasteiger partial charge in [-0.25, -0.2) is 0 Å². The smallest absolute Gasteiger partial charge is 0.251 e. The third kappa shape index (κ3) is 4.68. The molecule has 0 saturated carbocycles. The van der Waals surface area contributed by atoms with Crippen molar-refractivity contribution < 1.29 is 9.59 Å². The number of hydrogen-bond acceptors (Lipinski definition) is 2. The number of anilines is 1. The maximum atomic E-state index is 12.2. The molecule has 0 radical (unpaired) electrons. The minimum absolute atomic E-state index is 0.0615. The molecule has 24 heavy (non-hydrogen) atoms. The highest BCUT2D eigenvalue weighted by Gasteiger charge is 2.12. The van der Waals surface area contributed by atoms with Gasteiger partial charge in [0.15, 0.2) is 0 Å². The Hall–Kier alpha value is -2.14. The molecule has 0 fully saturated rings. The Balaban J connectivity index is 1.99. The van der Waals surface area contributed by atoms with E-state index < -0.39 is 0 Å². The number of nitrogens with zero attached hydrogens (tertiary/aromatic N) is 1. The number of nitrogens with one attached hydrogen (secondary N) is 1. The molecule has 1 N–H and O–H groups in total. The number of carbonyl (C=O) groups excluding carboxylic acids is 2. The molecule has 2 amide bonds. The van der Waals surface area contributed by atoms with Gasteiger partial charge in [0.25, 0.3) is 5.91 Å². The SMILES string of the molecule is CC(=O)N(CCNC(=O)c1ccc(C)c(C)c1)c1cccc(Br)c1. The van der Waals surface area contributed by atoms with Crippen LogP contribution < -0.4 is 10.2 Å². The zero-order chi connectivity index (χ0) is 17.7. The fraction of sp³-hybridized carbons (Fsp3) is 0.263. The van der Waals surface area contributed by atoms with Crippen LogP contribution in [0.5, 0.6) is 0 Å². The first kappa shape index (κ1) is 18.2. The molecule has 0 aliphatic carbocycles. The van der Waals surface area contributed by atoms with Crippen molar-refractivity contribution in [2.45, 2.75) is 20.8 Å². The second kappa shape index (κ2) is 8.11. The molecular formula is C19H21BrN2O2. The van der Waals surface area contributed by atoms with Gasteiger partial charge in [0.2, 0.25) is 5.91 Å². The van der Waals surface area contributed by atoms with Crippen molar-refractivity contribution in [1.82, 2.24) is 5.32 Å². The first-order valence-corrected chi connectivity index (χ1v) is 8.57. The number of hydrogen-bond donors (Lipinski definition) is 1. The fourth-order valence-electron chi connectivity index (χ4n) is 2.38. The van der Waals surface area contributed by atoms with E-state index in [2.05, 4.69) is 21.2 Å². The van der Waals surface area contributed by atoms with E-state index in [-0.39, 0.29) is 11.8 Å². The van der Waals surface area contributed by atoms with E-state index in [1.807, 2.05) is 56.3 Å². The van der Waals surface area contributed by atoms with Crippen LogP contribution in [-0.2, 0) is 4.79 Å². The Bertz CT molecular complexity index is 759. The predicted octanol–water partition coefficient (Wildman–Crippen LogP) is 3.85. The third-order valence-corrected chi connectivity index (χ3v) is 4.38. The average Bonchev–Trinajstić information content (AvgIpc) is 2.53. The summed E-state index contributed by atoms with van der Waals surface area (Å²) in [7, 11) is 0. The van der Waals surface area contributed by atoms with Crippen LogP contribution >= 0.6 is 15.9 Å². The number of amides is 2. The van der Waals surface area contributed by atoms with Crippen LogP contribution in [0.3, 0.4) is 0 Å². The Labute approximate surface area is 151 Å². The van der Waals surface area contributed by atoms with Gasteiger partial charge < -0.3 is 10.2 Å². The summed E-state index contributed by atoms with van der Waals surface area (Å²) in [6.07, 6.45) is 0. The second-order valence-corrected chi connectivity index (χ2v) is 6.62. The minimum atomic E-state index is -0.129. The van der Waals surface area contributed by atoms with Gasteiger partial charge in [-0.05, 0) is 55.3 Å². The van der Waals surface area contributed by atoms with Crippen LogP contribution in [0.25, 0.3) is 0 Å². The molecule has 0 unspecified atom stereocenters. The zero-order valence-electron chi connectivity index (χ0n) is 14.1. The number of halogens is 1. The maximum absolute atomic E-state index is 12.2. The summed E-state index contributed by atoms with van der Waals surface area (Å²) >= 11 is 3.41. The van der Waals surface area contributed by atoms with Crippen LogP contribution in [0.4, 0.5) is 5.69 Å². The topological polar surface area (TPSA) is 49.4 Å². The van der Waals surface area contributed by atoms with Crippen molar-refractivity contribution in [3.63, 3.8) is 0 Å². The van der Waals surface area contributed by atoms with E-state index in [4.69, 9.17) is 0 Å². The largest absolute Gasteiger partial charge is 0.350 e. The highest BCUT2D eigenvalue weighted by Crippen LogP contribution is 2.19. The Morgan fingerprint density at radius 1 is 1.08 bits per heavy atom. The lowest BCUT2D eigenvalue weighted by Crippen LogP contribution is -2.37. The third-order valence-electron chi connectivity index (χ3n) is 3.89. The first-order chi connectivity index (χ1) is 11.4. The summed E-state index contributed by atoms with van der Waals surface area (Å²) in [6.45, 7) is 6.32. The minimum Gasteiger partial charge on any atom is -0.350 e. The number of benzene rings is 2. The molecule has 4 nitrogen and oxygen atoms in total. The van der Waals surface area contributed by atoms with Gasteiger partial charge in [-0.15, -0.1) is 0 Å². The molecular weight excluding hydrogens is 368 g/mol. The molecule has 0 saturated heterocycles. The quantitative estimate of drug-likeness (QED) is 0.845. The lowest BCUT2D eigenvalue weighted by atomic mass is 10.1. The van der Waals surface area contributed by atoms with Crippen LogP contribution in [-0.4, -0.2) is 24.9 Å². The molecule has 2 aromatic rings. The lowest BCUT2D eigenvalue weighted by Gasteiger charge is -2.21. The highest BCUT2D eigenvalue weighted by atomic mass is 79.9. The van der Waals surface area contributed by atoms with Gasteiger partial charge in [-0.1, -0.05) is 28.1 Å². The Morgan fingerprint density at radius 2 is 1.83 bits per heavy atom. The van der Waals surface area contributed by atoms with Crippen LogP contribution in [0.2, 0.25) is 0 Å². The molecule has 126 valence electrons. The van der Waals surface area contributed by atoms with E-state index in [9.17, 15) is 9.59 Å². The van der Waals surface area contributed by atoms with E-state index >= 15 is 0 Å². The fourth-order valence-corrected chi connectivity index (χ4v) is 2.77. The lowest BCUT2D eigenvalue weighted by molar-refractivity contribution is -0.116. The maximum Gasteiger partial charge on any atom is 0.251 e. The molecule has 0 heterocycles. The molecule has 0 spiro atoms. The standard InChI is InChI=1S/C19H21BrN2O2/c1-13-7-8-16(11-14(13)2)19(24)21-9-10-22(15(3)23)18-6-4-5-17(20)12-18/h4-8,11-12H,9-10H2,1-3H3,(H,21,24). The number of rotatable bonds is 5. The zero-order valence-corrected chi connectivity index (χ0v) is 15.7. The van der Waals surface area contributed by atoms with Crippen molar-refractivity contribution in [1.29, 1.82) is 0 Å². The van der Waals surface area contributed by atoms with Gasteiger partial charge in [0, 0.05) is 35.7 Å². The van der Waals surface area contributed by atoms with Crippen LogP contribution in [0.1, 0.15) is 28.4 Å². The Kier molecular flexibility index (Phi) is 6.15. The van der Waals surface area contributed by atoms with Crippen molar-refractivity contribution in [3.8, 4) is 0 Å². The predicted molar refractivity (Wildman–Crippen MR) is 100 cm³/mol. The van der Waals surface area contributed by atoms with Crippen LogP contribution in [0.15, 0.2) is 46.9 Å². The first-order valence-electron chi connectivity index (χ1n) is 7.77. The van der Waals surface area contributed by atoms with Gasteiger partial charge in [-0.2, -0.15) is 0 Å². The monoisotopic (exact) mass is 388 g/mol. The van der Waals surface area contributed by atoms with Gasteiger partial charge in [0.1, 0.15) is 0 Å². The Morgan fingerprint density at radius 3 is 2.46 bits per heavy atom. The van der Waals surface area contributed by atoms with Gasteiger partial charge in [0.05, 0.1) is 0 Å². The molecule has 2 aromatic carbocycles. The van der Waals surface area contributed by atoms with E-state index in [0.29, 0.717) is 18.7 Å². The summed E-state index contributed by atoms with van der Waals surface area (Å²) in [5.74, 6) is -0.190. The summed E-state index contributed by atoms with van der Waals surface area (Å²) in [6, 6.07) is 13.2. The van der Waals surface area contributed by atoms with E-state index in [1.165, 1.54) is 6.92 Å². The van der Waals surface area contributed by atoms with E-state index in [1.54, 1.807) is 4.90 Å². The molecule has 0 aromatic heterocycles. The van der Waals surface area contributed by atoms with Crippen molar-refractivity contribution in [2.24, 2.45) is 0 Å². The van der Waals surface area contributed by atoms with Crippen molar-refractivity contribution in [3.05, 3.63) is 63.6 Å². The summed E-state index contributed by atoms with van der Waals surface area (Å²) in [5, 5.41) is 2.87.